The molecule has 0 spiro atoms. The van der Waals surface area contributed by atoms with E-state index in [-0.39, 0.29) is 6.03 Å². The van der Waals surface area contributed by atoms with Crippen LogP contribution >= 0.6 is 0 Å². The van der Waals surface area contributed by atoms with E-state index >= 15 is 0 Å². The molecule has 88 valence electrons. The van der Waals surface area contributed by atoms with Crippen molar-refractivity contribution in [2.24, 2.45) is 5.92 Å². The second kappa shape index (κ2) is 5.38. The zero-order chi connectivity index (χ0) is 11.4. The van der Waals surface area contributed by atoms with Crippen LogP contribution in [0.5, 0.6) is 0 Å². The van der Waals surface area contributed by atoms with Gasteiger partial charge in [-0.2, -0.15) is 0 Å². The smallest absolute Gasteiger partial charge is 0.319 e. The summed E-state index contributed by atoms with van der Waals surface area (Å²) in [5.41, 5.74) is 0. The minimum absolute atomic E-state index is 0.164. The maximum absolute atomic E-state index is 11.9. The topological polar surface area (TPSA) is 23.6 Å². The summed E-state index contributed by atoms with van der Waals surface area (Å²) in [4.78, 5) is 15.6. The summed E-state index contributed by atoms with van der Waals surface area (Å²) < 4.78 is 0. The number of rotatable bonds is 2. The second-order valence-electron chi connectivity index (χ2n) is 4.82. The fraction of sp³-hybridized carbons (Fsp3) is 0.917. The summed E-state index contributed by atoms with van der Waals surface area (Å²) >= 11 is 0. The monoisotopic (exact) mass is 212 g/mol. The first kappa shape index (κ1) is 12.3. The molecule has 1 saturated carbocycles. The van der Waals surface area contributed by atoms with Crippen molar-refractivity contribution in [3.8, 4) is 0 Å². The van der Waals surface area contributed by atoms with Crippen LogP contribution < -0.4 is 0 Å². The van der Waals surface area contributed by atoms with E-state index in [4.69, 9.17) is 0 Å². The summed E-state index contributed by atoms with van der Waals surface area (Å²) in [5, 5.41) is 0. The number of hydrogen-bond donors (Lipinski definition) is 0. The maximum atomic E-state index is 11.9. The molecular weight excluding hydrogens is 188 g/mol. The molecule has 1 aliphatic carbocycles. The molecule has 0 aromatic heterocycles. The minimum Gasteiger partial charge on any atom is -0.328 e. The Kier molecular flexibility index (Phi) is 4.43. The van der Waals surface area contributed by atoms with Gasteiger partial charge in [0.25, 0.3) is 0 Å². The van der Waals surface area contributed by atoms with Crippen LogP contribution in [0.3, 0.4) is 0 Å². The van der Waals surface area contributed by atoms with Gasteiger partial charge in [-0.3, -0.25) is 0 Å². The van der Waals surface area contributed by atoms with E-state index in [9.17, 15) is 4.79 Å². The number of carbonyl (C=O) groups is 1. The Hall–Kier alpha value is -0.730. The molecule has 1 aliphatic rings. The van der Waals surface area contributed by atoms with E-state index in [2.05, 4.69) is 6.92 Å². The lowest BCUT2D eigenvalue weighted by Gasteiger charge is -2.35. The molecule has 0 N–H and O–H groups in total. The zero-order valence-corrected chi connectivity index (χ0v) is 10.5. The fourth-order valence-corrected chi connectivity index (χ4v) is 2.19. The largest absolute Gasteiger partial charge is 0.328 e. The Morgan fingerprint density at radius 2 is 1.73 bits per heavy atom. The number of urea groups is 1. The summed E-state index contributed by atoms with van der Waals surface area (Å²) in [5.74, 6) is 0.841. The van der Waals surface area contributed by atoms with Gasteiger partial charge in [0.15, 0.2) is 0 Å². The van der Waals surface area contributed by atoms with Crippen molar-refractivity contribution in [2.75, 3.05) is 20.6 Å². The van der Waals surface area contributed by atoms with E-state index in [1.807, 2.05) is 25.9 Å². The lowest BCUT2D eigenvalue weighted by Crippen LogP contribution is -2.45. The van der Waals surface area contributed by atoms with Crippen LogP contribution in [0.1, 0.15) is 39.5 Å². The fourth-order valence-electron chi connectivity index (χ4n) is 2.19. The normalized spacial score (nSPS) is 26.1. The molecule has 0 aliphatic heterocycles. The third-order valence-electron chi connectivity index (χ3n) is 3.64. The average molecular weight is 212 g/mol. The summed E-state index contributed by atoms with van der Waals surface area (Å²) in [6.07, 6.45) is 4.86. The van der Waals surface area contributed by atoms with E-state index < -0.39 is 0 Å². The van der Waals surface area contributed by atoms with Crippen LogP contribution in [0.4, 0.5) is 4.79 Å². The predicted molar refractivity (Wildman–Crippen MR) is 62.9 cm³/mol. The van der Waals surface area contributed by atoms with Crippen molar-refractivity contribution in [3.63, 3.8) is 0 Å². The van der Waals surface area contributed by atoms with Gasteiger partial charge in [-0.1, -0.05) is 6.92 Å². The number of hydrogen-bond acceptors (Lipinski definition) is 1. The van der Waals surface area contributed by atoms with Gasteiger partial charge in [-0.15, -0.1) is 0 Å². The van der Waals surface area contributed by atoms with Gasteiger partial charge in [0.05, 0.1) is 0 Å². The SMILES string of the molecule is CCN(C)C(=O)N(C)C1CCC(C)CC1. The summed E-state index contributed by atoms with van der Waals surface area (Å²) in [6, 6.07) is 0.625. The highest BCUT2D eigenvalue weighted by Gasteiger charge is 2.25. The highest BCUT2D eigenvalue weighted by Crippen LogP contribution is 2.26. The molecule has 15 heavy (non-hydrogen) atoms. The number of carbonyl (C=O) groups excluding carboxylic acids is 1. The van der Waals surface area contributed by atoms with Crippen LogP contribution in [-0.4, -0.2) is 42.5 Å². The minimum atomic E-state index is 0.164. The molecule has 0 bridgehead atoms. The maximum Gasteiger partial charge on any atom is 0.319 e. The first-order chi connectivity index (χ1) is 7.06. The molecule has 1 rings (SSSR count). The lowest BCUT2D eigenvalue weighted by molar-refractivity contribution is 0.137. The Morgan fingerprint density at radius 1 is 1.20 bits per heavy atom. The van der Waals surface area contributed by atoms with Crippen molar-refractivity contribution >= 4 is 6.03 Å². The van der Waals surface area contributed by atoms with Gasteiger partial charge in [-0.25, -0.2) is 4.79 Å². The summed E-state index contributed by atoms with van der Waals surface area (Å²) in [7, 11) is 3.80. The molecule has 0 radical (unpaired) electrons. The van der Waals surface area contributed by atoms with Crippen LogP contribution in [0, 0.1) is 5.92 Å². The first-order valence-electron chi connectivity index (χ1n) is 6.04. The van der Waals surface area contributed by atoms with Crippen LogP contribution in [-0.2, 0) is 0 Å². The van der Waals surface area contributed by atoms with Crippen LogP contribution in [0.2, 0.25) is 0 Å². The highest BCUT2D eigenvalue weighted by atomic mass is 16.2. The molecule has 0 heterocycles. The molecule has 1 fully saturated rings. The quantitative estimate of drug-likeness (QED) is 0.690. The van der Waals surface area contributed by atoms with Crippen LogP contribution in [0.15, 0.2) is 0 Å². The average Bonchev–Trinajstić information content (AvgIpc) is 2.27. The molecule has 3 nitrogen and oxygen atoms in total. The van der Waals surface area contributed by atoms with Gasteiger partial charge in [-0.05, 0) is 38.5 Å². The predicted octanol–water partition coefficient (Wildman–Crippen LogP) is 2.57. The zero-order valence-electron chi connectivity index (χ0n) is 10.5. The van der Waals surface area contributed by atoms with E-state index in [1.54, 1.807) is 4.90 Å². The lowest BCUT2D eigenvalue weighted by atomic mass is 9.87. The molecule has 2 amide bonds. The highest BCUT2D eigenvalue weighted by molar-refractivity contribution is 5.74. The molecule has 0 unspecified atom stereocenters. The van der Waals surface area contributed by atoms with E-state index in [0.29, 0.717) is 6.04 Å². The standard InChI is InChI=1S/C12H24N2O/c1-5-13(3)12(15)14(4)11-8-6-10(2)7-9-11/h10-11H,5-9H2,1-4H3. The van der Waals surface area contributed by atoms with Crippen molar-refractivity contribution in [1.29, 1.82) is 0 Å². The molecule has 0 saturated heterocycles. The first-order valence-corrected chi connectivity index (χ1v) is 6.04. The molecule has 0 aromatic carbocycles. The van der Waals surface area contributed by atoms with Crippen LogP contribution in [0.25, 0.3) is 0 Å². The summed E-state index contributed by atoms with van der Waals surface area (Å²) in [6.45, 7) is 5.09. The molecule has 0 aromatic rings. The van der Waals surface area contributed by atoms with E-state index in [0.717, 1.165) is 12.5 Å². The third kappa shape index (κ3) is 3.11. The number of nitrogens with zero attached hydrogens (tertiary/aromatic N) is 2. The Labute approximate surface area is 93.4 Å². The van der Waals surface area contributed by atoms with E-state index in [1.165, 1.54) is 25.7 Å². The Balaban J connectivity index is 2.46. The van der Waals surface area contributed by atoms with Gasteiger partial charge in [0, 0.05) is 26.7 Å². The second-order valence-corrected chi connectivity index (χ2v) is 4.82. The van der Waals surface area contributed by atoms with Gasteiger partial charge >= 0.3 is 6.03 Å². The van der Waals surface area contributed by atoms with Crippen molar-refractivity contribution in [2.45, 2.75) is 45.6 Å². The van der Waals surface area contributed by atoms with Crippen molar-refractivity contribution < 1.29 is 4.79 Å². The van der Waals surface area contributed by atoms with Gasteiger partial charge in [0.2, 0.25) is 0 Å². The molecule has 0 atom stereocenters. The Bertz CT molecular complexity index is 210. The molecule has 3 heteroatoms. The third-order valence-corrected chi connectivity index (χ3v) is 3.64. The van der Waals surface area contributed by atoms with Crippen molar-refractivity contribution in [3.05, 3.63) is 0 Å². The number of amides is 2. The Morgan fingerprint density at radius 3 is 2.20 bits per heavy atom. The van der Waals surface area contributed by atoms with Gasteiger partial charge in [0.1, 0.15) is 0 Å². The van der Waals surface area contributed by atoms with Gasteiger partial charge < -0.3 is 9.80 Å². The molecular formula is C12H24N2O. The van der Waals surface area contributed by atoms with Crippen molar-refractivity contribution in [1.82, 2.24) is 9.80 Å².